The number of anilines is 1. The number of fused-ring (bicyclic) bond motifs is 2. The molecule has 1 aromatic carbocycles. The van der Waals surface area contributed by atoms with Crippen LogP contribution in [-0.4, -0.2) is 11.5 Å². The molecule has 1 N–H and O–H groups in total. The molecular weight excluding hydrogens is 196 g/mol. The van der Waals surface area contributed by atoms with Crippen molar-refractivity contribution in [3.05, 3.63) is 35.4 Å². The van der Waals surface area contributed by atoms with Gasteiger partial charge in [-0.3, -0.25) is 0 Å². The predicted octanol–water partition coefficient (Wildman–Crippen LogP) is 3.25. The summed E-state index contributed by atoms with van der Waals surface area (Å²) in [4.78, 5) is 4.70. The smallest absolute Gasteiger partial charge is 0.130 e. The van der Waals surface area contributed by atoms with Gasteiger partial charge in [0.15, 0.2) is 0 Å². The summed E-state index contributed by atoms with van der Waals surface area (Å²) in [5.74, 6) is 1.06. The Kier molecular flexibility index (Phi) is 1.79. The van der Waals surface area contributed by atoms with Crippen LogP contribution in [0.2, 0.25) is 0 Å². The maximum atomic E-state index is 4.70. The van der Waals surface area contributed by atoms with Crippen molar-refractivity contribution in [3.63, 3.8) is 0 Å². The zero-order valence-corrected chi connectivity index (χ0v) is 9.96. The van der Waals surface area contributed by atoms with E-state index in [0.29, 0.717) is 0 Å². The molecule has 82 valence electrons. The molecule has 0 saturated heterocycles. The van der Waals surface area contributed by atoms with E-state index >= 15 is 0 Å². The molecule has 0 spiro atoms. The lowest BCUT2D eigenvalue weighted by molar-refractivity contribution is 0.586. The molecule has 2 heterocycles. The van der Waals surface area contributed by atoms with Gasteiger partial charge in [0.1, 0.15) is 5.82 Å². The second kappa shape index (κ2) is 2.97. The molecule has 0 aliphatic carbocycles. The second-order valence-corrected chi connectivity index (χ2v) is 5.32. The SMILES string of the molecule is Cc1ccc2cc3c(nc2c1)NCC3(C)C. The highest BCUT2D eigenvalue weighted by Crippen LogP contribution is 2.36. The number of hydrogen-bond acceptors (Lipinski definition) is 2. The molecule has 2 aromatic rings. The number of nitrogens with one attached hydrogen (secondary N) is 1. The van der Waals surface area contributed by atoms with E-state index < -0.39 is 0 Å². The fourth-order valence-corrected chi connectivity index (χ4v) is 2.33. The molecule has 0 bridgehead atoms. The Hall–Kier alpha value is -1.57. The van der Waals surface area contributed by atoms with Gasteiger partial charge in [0.25, 0.3) is 0 Å². The van der Waals surface area contributed by atoms with Crippen molar-refractivity contribution >= 4 is 16.7 Å². The van der Waals surface area contributed by atoms with Gasteiger partial charge in [0, 0.05) is 22.9 Å². The van der Waals surface area contributed by atoms with E-state index in [4.69, 9.17) is 4.98 Å². The minimum absolute atomic E-state index is 0.196. The summed E-state index contributed by atoms with van der Waals surface area (Å²) in [5.41, 5.74) is 3.88. The first-order valence-corrected chi connectivity index (χ1v) is 5.72. The number of nitrogens with zero attached hydrogens (tertiary/aromatic N) is 1. The van der Waals surface area contributed by atoms with E-state index in [2.05, 4.69) is 50.4 Å². The minimum Gasteiger partial charge on any atom is -0.369 e. The summed E-state index contributed by atoms with van der Waals surface area (Å²) in [6, 6.07) is 8.72. The fourth-order valence-electron chi connectivity index (χ4n) is 2.33. The van der Waals surface area contributed by atoms with Crippen LogP contribution in [0.25, 0.3) is 10.9 Å². The largest absolute Gasteiger partial charge is 0.369 e. The first kappa shape index (κ1) is 9.64. The first-order valence-electron chi connectivity index (χ1n) is 5.72. The summed E-state index contributed by atoms with van der Waals surface area (Å²) in [6.45, 7) is 7.59. The number of hydrogen-bond donors (Lipinski definition) is 1. The standard InChI is InChI=1S/C14H16N2/c1-9-4-5-10-7-11-13(16-12(10)6-9)15-8-14(11,2)3/h4-7H,8H2,1-3H3,(H,15,16). The third-order valence-corrected chi connectivity index (χ3v) is 3.40. The van der Waals surface area contributed by atoms with Gasteiger partial charge in [-0.25, -0.2) is 4.98 Å². The number of pyridine rings is 1. The lowest BCUT2D eigenvalue weighted by Crippen LogP contribution is -2.18. The minimum atomic E-state index is 0.196. The van der Waals surface area contributed by atoms with Crippen LogP contribution < -0.4 is 5.32 Å². The second-order valence-electron chi connectivity index (χ2n) is 5.32. The Morgan fingerprint density at radius 2 is 2.06 bits per heavy atom. The van der Waals surface area contributed by atoms with Crippen LogP contribution in [0.5, 0.6) is 0 Å². The molecule has 0 atom stereocenters. The molecule has 16 heavy (non-hydrogen) atoms. The van der Waals surface area contributed by atoms with Gasteiger partial charge in [0.2, 0.25) is 0 Å². The third-order valence-electron chi connectivity index (χ3n) is 3.40. The van der Waals surface area contributed by atoms with Crippen LogP contribution in [0.4, 0.5) is 5.82 Å². The molecule has 2 heteroatoms. The zero-order chi connectivity index (χ0) is 11.3. The van der Waals surface area contributed by atoms with Gasteiger partial charge in [0.05, 0.1) is 5.52 Å². The molecule has 1 aliphatic heterocycles. The zero-order valence-electron chi connectivity index (χ0n) is 9.96. The van der Waals surface area contributed by atoms with Crippen molar-refractivity contribution in [2.45, 2.75) is 26.2 Å². The summed E-state index contributed by atoms with van der Waals surface area (Å²) < 4.78 is 0. The van der Waals surface area contributed by atoms with Crippen LogP contribution in [0.15, 0.2) is 24.3 Å². The predicted molar refractivity (Wildman–Crippen MR) is 68.0 cm³/mol. The number of aromatic nitrogens is 1. The molecule has 0 saturated carbocycles. The molecule has 0 unspecified atom stereocenters. The van der Waals surface area contributed by atoms with Gasteiger partial charge in [-0.1, -0.05) is 26.0 Å². The number of rotatable bonds is 0. The normalized spacial score (nSPS) is 17.2. The van der Waals surface area contributed by atoms with E-state index in [-0.39, 0.29) is 5.41 Å². The summed E-state index contributed by atoms with van der Waals surface area (Å²) in [7, 11) is 0. The van der Waals surface area contributed by atoms with Crippen molar-refractivity contribution in [3.8, 4) is 0 Å². The summed E-state index contributed by atoms with van der Waals surface area (Å²) >= 11 is 0. The molecule has 1 aliphatic rings. The highest BCUT2D eigenvalue weighted by atomic mass is 15.0. The van der Waals surface area contributed by atoms with E-state index in [1.54, 1.807) is 0 Å². The molecule has 3 rings (SSSR count). The summed E-state index contributed by atoms with van der Waals surface area (Å²) in [6.07, 6.45) is 0. The van der Waals surface area contributed by atoms with Crippen molar-refractivity contribution in [2.24, 2.45) is 0 Å². The molecule has 1 aromatic heterocycles. The van der Waals surface area contributed by atoms with Gasteiger partial charge >= 0.3 is 0 Å². The van der Waals surface area contributed by atoms with Crippen molar-refractivity contribution in [2.75, 3.05) is 11.9 Å². The Morgan fingerprint density at radius 1 is 1.25 bits per heavy atom. The fraction of sp³-hybridized carbons (Fsp3) is 0.357. The first-order chi connectivity index (χ1) is 7.56. The average molecular weight is 212 g/mol. The van der Waals surface area contributed by atoms with E-state index in [1.807, 2.05) is 0 Å². The van der Waals surface area contributed by atoms with Gasteiger partial charge in [-0.05, 0) is 24.6 Å². The quantitative estimate of drug-likeness (QED) is 0.725. The molecule has 0 radical (unpaired) electrons. The maximum Gasteiger partial charge on any atom is 0.130 e. The van der Waals surface area contributed by atoms with Gasteiger partial charge in [-0.2, -0.15) is 0 Å². The maximum absolute atomic E-state index is 4.70. The van der Waals surface area contributed by atoms with Crippen molar-refractivity contribution in [1.82, 2.24) is 4.98 Å². The number of aryl methyl sites for hydroxylation is 1. The lowest BCUT2D eigenvalue weighted by atomic mass is 9.87. The van der Waals surface area contributed by atoms with Gasteiger partial charge < -0.3 is 5.32 Å². The van der Waals surface area contributed by atoms with Crippen LogP contribution in [0.3, 0.4) is 0 Å². The van der Waals surface area contributed by atoms with Gasteiger partial charge in [-0.15, -0.1) is 0 Å². The third kappa shape index (κ3) is 1.29. The monoisotopic (exact) mass is 212 g/mol. The lowest BCUT2D eigenvalue weighted by Gasteiger charge is -2.16. The van der Waals surface area contributed by atoms with Crippen LogP contribution in [-0.2, 0) is 5.41 Å². The Labute approximate surface area is 95.7 Å². The highest BCUT2D eigenvalue weighted by Gasteiger charge is 2.30. The molecule has 2 nitrogen and oxygen atoms in total. The molecule has 0 fully saturated rings. The van der Waals surface area contributed by atoms with E-state index in [1.165, 1.54) is 16.5 Å². The molecule has 0 amide bonds. The Morgan fingerprint density at radius 3 is 2.88 bits per heavy atom. The van der Waals surface area contributed by atoms with Crippen LogP contribution in [0, 0.1) is 6.92 Å². The van der Waals surface area contributed by atoms with E-state index in [9.17, 15) is 0 Å². The van der Waals surface area contributed by atoms with Crippen LogP contribution >= 0.6 is 0 Å². The molecular formula is C14H16N2. The topological polar surface area (TPSA) is 24.9 Å². The highest BCUT2D eigenvalue weighted by molar-refractivity contribution is 5.83. The number of benzene rings is 1. The van der Waals surface area contributed by atoms with E-state index in [0.717, 1.165) is 17.9 Å². The Bertz CT molecular complexity index is 570. The van der Waals surface area contributed by atoms with Crippen molar-refractivity contribution in [1.29, 1.82) is 0 Å². The average Bonchev–Trinajstić information content (AvgIpc) is 2.52. The van der Waals surface area contributed by atoms with Crippen LogP contribution in [0.1, 0.15) is 25.0 Å². The summed E-state index contributed by atoms with van der Waals surface area (Å²) in [5, 5.41) is 4.63. The Balaban J connectivity index is 2.31. The van der Waals surface area contributed by atoms with Crippen molar-refractivity contribution < 1.29 is 0 Å².